The Bertz CT molecular complexity index is 831. The molecule has 3 N–H and O–H groups in total. The number of hydrogen-bond donors (Lipinski definition) is 3. The van der Waals surface area contributed by atoms with E-state index in [0.717, 1.165) is 24.1 Å². The Labute approximate surface area is 164 Å². The molecule has 1 aliphatic rings. The number of hydrogen-bond acceptors (Lipinski definition) is 5. The molecule has 0 spiro atoms. The second-order valence-corrected chi connectivity index (χ2v) is 6.61. The van der Waals surface area contributed by atoms with Crippen LogP contribution < -0.4 is 5.32 Å². The van der Waals surface area contributed by atoms with Crippen molar-refractivity contribution in [2.75, 3.05) is 0 Å². The molecule has 0 aliphatic heterocycles. The molecule has 29 heavy (non-hydrogen) atoms. The molecule has 0 amide bonds. The molecule has 2 aromatic rings. The third kappa shape index (κ3) is 6.34. The van der Waals surface area contributed by atoms with Gasteiger partial charge in [0, 0.05) is 20.0 Å². The van der Waals surface area contributed by atoms with Gasteiger partial charge < -0.3 is 14.6 Å². The number of aryl methyl sites for hydroxylation is 2. The zero-order chi connectivity index (χ0) is 21.6. The van der Waals surface area contributed by atoms with Crippen LogP contribution in [-0.4, -0.2) is 44.2 Å². The average Bonchev–Trinajstić information content (AvgIpc) is 3.25. The van der Waals surface area contributed by atoms with Crippen molar-refractivity contribution in [3.63, 3.8) is 0 Å². The van der Waals surface area contributed by atoms with E-state index in [1.54, 1.807) is 18.6 Å². The maximum atomic E-state index is 11.4. The third-order valence-corrected chi connectivity index (χ3v) is 4.52. The lowest BCUT2D eigenvalue weighted by molar-refractivity contribution is -0.192. The number of aromatic nitrogens is 2. The van der Waals surface area contributed by atoms with Crippen LogP contribution in [0.3, 0.4) is 0 Å². The van der Waals surface area contributed by atoms with E-state index in [-0.39, 0.29) is 0 Å². The summed E-state index contributed by atoms with van der Waals surface area (Å²) in [6.45, 7) is 0.521. The molecule has 1 aliphatic carbocycles. The van der Waals surface area contributed by atoms with Gasteiger partial charge in [-0.25, -0.2) is 4.79 Å². The zero-order valence-electron chi connectivity index (χ0n) is 15.7. The molecule has 0 bridgehead atoms. The quantitative estimate of drug-likeness (QED) is 0.660. The first-order chi connectivity index (χ1) is 13.6. The second kappa shape index (κ2) is 9.59. The molecular formula is C18H22F3N3O5. The van der Waals surface area contributed by atoms with Crippen LogP contribution in [0.5, 0.6) is 0 Å². The number of aliphatic carboxylic acids is 2. The summed E-state index contributed by atoms with van der Waals surface area (Å²) in [6, 6.07) is 1.16. The normalized spacial score (nSPS) is 14.5. The van der Waals surface area contributed by atoms with E-state index in [4.69, 9.17) is 14.3 Å². The lowest BCUT2D eigenvalue weighted by atomic mass is 9.96. The number of nitrogens with one attached hydrogen (secondary N) is 1. The number of furan rings is 1. The van der Waals surface area contributed by atoms with Crippen LogP contribution in [0.15, 0.2) is 23.0 Å². The van der Waals surface area contributed by atoms with E-state index in [2.05, 4.69) is 10.4 Å². The summed E-state index contributed by atoms with van der Waals surface area (Å²) in [4.78, 5) is 20.3. The van der Waals surface area contributed by atoms with Gasteiger partial charge in [0.1, 0.15) is 6.04 Å². The fourth-order valence-electron chi connectivity index (χ4n) is 3.08. The summed E-state index contributed by atoms with van der Waals surface area (Å²) in [5.41, 5.74) is 4.46. The molecule has 1 unspecified atom stereocenters. The lowest BCUT2D eigenvalue weighted by Gasteiger charge is -2.16. The van der Waals surface area contributed by atoms with Crippen LogP contribution in [0.4, 0.5) is 13.2 Å². The summed E-state index contributed by atoms with van der Waals surface area (Å²) in [7, 11) is 1.93. The van der Waals surface area contributed by atoms with E-state index in [9.17, 15) is 23.1 Å². The highest BCUT2D eigenvalue weighted by Gasteiger charge is 2.38. The second-order valence-electron chi connectivity index (χ2n) is 6.61. The van der Waals surface area contributed by atoms with Crippen LogP contribution in [0.1, 0.15) is 35.4 Å². The van der Waals surface area contributed by atoms with Crippen LogP contribution >= 0.6 is 0 Å². The first-order valence-electron chi connectivity index (χ1n) is 8.90. The minimum Gasteiger partial charge on any atom is -0.480 e. The largest absolute Gasteiger partial charge is 0.490 e. The van der Waals surface area contributed by atoms with Crippen molar-refractivity contribution < 1.29 is 37.4 Å². The summed E-state index contributed by atoms with van der Waals surface area (Å²) in [5.74, 6) is -3.61. The highest BCUT2D eigenvalue weighted by Crippen LogP contribution is 2.23. The topological polar surface area (TPSA) is 118 Å². The Kier molecular flexibility index (Phi) is 7.43. The lowest BCUT2D eigenvalue weighted by Crippen LogP contribution is -2.38. The molecule has 2 heterocycles. The van der Waals surface area contributed by atoms with E-state index in [1.165, 1.54) is 24.1 Å². The van der Waals surface area contributed by atoms with Gasteiger partial charge in [-0.05, 0) is 42.9 Å². The molecule has 1 atom stereocenters. The van der Waals surface area contributed by atoms with Gasteiger partial charge in [-0.3, -0.25) is 14.8 Å². The van der Waals surface area contributed by atoms with Gasteiger partial charge in [0.15, 0.2) is 0 Å². The van der Waals surface area contributed by atoms with E-state index >= 15 is 0 Å². The molecule has 8 nitrogen and oxygen atoms in total. The van der Waals surface area contributed by atoms with Crippen molar-refractivity contribution in [2.24, 2.45) is 7.05 Å². The van der Waals surface area contributed by atoms with Crippen molar-refractivity contribution in [3.05, 3.63) is 41.1 Å². The average molecular weight is 417 g/mol. The van der Waals surface area contributed by atoms with Gasteiger partial charge in [-0.2, -0.15) is 18.3 Å². The minimum absolute atomic E-state index is 0.409. The maximum Gasteiger partial charge on any atom is 0.490 e. The number of nitrogens with zero attached hydrogens (tertiary/aromatic N) is 2. The van der Waals surface area contributed by atoms with Gasteiger partial charge in [-0.1, -0.05) is 0 Å². The Morgan fingerprint density at radius 3 is 2.52 bits per heavy atom. The summed E-state index contributed by atoms with van der Waals surface area (Å²) in [5, 5.41) is 24.2. The highest BCUT2D eigenvalue weighted by molar-refractivity contribution is 5.74. The first-order valence-corrected chi connectivity index (χ1v) is 8.90. The molecular weight excluding hydrogens is 395 g/mol. The summed E-state index contributed by atoms with van der Waals surface area (Å²) in [6.07, 6.45) is 2.92. The van der Waals surface area contributed by atoms with Gasteiger partial charge in [0.05, 0.1) is 23.9 Å². The molecule has 0 saturated heterocycles. The van der Waals surface area contributed by atoms with Gasteiger partial charge in [-0.15, -0.1) is 0 Å². The van der Waals surface area contributed by atoms with E-state index < -0.39 is 24.2 Å². The van der Waals surface area contributed by atoms with E-state index in [1.807, 2.05) is 11.7 Å². The van der Waals surface area contributed by atoms with Gasteiger partial charge >= 0.3 is 18.1 Å². The van der Waals surface area contributed by atoms with Gasteiger partial charge in [0.2, 0.25) is 0 Å². The van der Waals surface area contributed by atoms with Crippen molar-refractivity contribution >= 4 is 11.9 Å². The summed E-state index contributed by atoms with van der Waals surface area (Å²) >= 11 is 0. The number of fused-ring (bicyclic) bond motifs is 1. The molecule has 0 radical (unpaired) electrons. The molecule has 3 rings (SSSR count). The Hall–Kier alpha value is -2.82. The molecule has 0 fully saturated rings. The number of carbonyl (C=O) groups is 2. The minimum atomic E-state index is -5.08. The Balaban J connectivity index is 0.000000370. The van der Waals surface area contributed by atoms with Crippen LogP contribution in [-0.2, 0) is 42.4 Å². The SMILES string of the molecule is Cn1nc2c(c1CNC(Cc1ccoc1)C(=O)O)CCCC2.O=C(O)C(F)(F)F. The molecule has 0 aromatic carbocycles. The van der Waals surface area contributed by atoms with E-state index in [0.29, 0.717) is 13.0 Å². The molecule has 0 saturated carbocycles. The number of carboxylic acid groups (broad SMARTS) is 2. The van der Waals surface area contributed by atoms with Crippen molar-refractivity contribution in [1.29, 1.82) is 0 Å². The molecule has 11 heteroatoms. The Morgan fingerprint density at radius 2 is 1.97 bits per heavy atom. The number of rotatable bonds is 6. The van der Waals surface area contributed by atoms with Crippen molar-refractivity contribution in [2.45, 2.75) is 50.9 Å². The first kappa shape index (κ1) is 22.5. The predicted octanol–water partition coefficient (Wildman–Crippen LogP) is 2.31. The monoisotopic (exact) mass is 417 g/mol. The van der Waals surface area contributed by atoms with Crippen molar-refractivity contribution in [1.82, 2.24) is 15.1 Å². The number of halogens is 3. The maximum absolute atomic E-state index is 11.4. The van der Waals surface area contributed by atoms with Crippen molar-refractivity contribution in [3.8, 4) is 0 Å². The predicted molar refractivity (Wildman–Crippen MR) is 94.2 cm³/mol. The molecule has 160 valence electrons. The molecule has 2 aromatic heterocycles. The fourth-order valence-corrected chi connectivity index (χ4v) is 3.08. The number of carboxylic acids is 2. The standard InChI is InChI=1S/C16H21N3O3.C2HF3O2/c1-19-15(12-4-2-3-5-13(12)18-19)9-17-14(16(20)21)8-11-6-7-22-10-11;3-2(4,5)1(6)7/h6-7,10,14,17H,2-5,8-9H2,1H3,(H,20,21);(H,6,7). The fraction of sp³-hybridized carbons (Fsp3) is 0.500. The zero-order valence-corrected chi connectivity index (χ0v) is 15.7. The van der Waals surface area contributed by atoms with Crippen LogP contribution in [0, 0.1) is 0 Å². The van der Waals surface area contributed by atoms with Crippen LogP contribution in [0.2, 0.25) is 0 Å². The third-order valence-electron chi connectivity index (χ3n) is 4.52. The van der Waals surface area contributed by atoms with Gasteiger partial charge in [0.25, 0.3) is 0 Å². The highest BCUT2D eigenvalue weighted by atomic mass is 19.4. The number of alkyl halides is 3. The Morgan fingerprint density at radius 1 is 1.31 bits per heavy atom. The van der Waals surface area contributed by atoms with Crippen LogP contribution in [0.25, 0.3) is 0 Å². The smallest absolute Gasteiger partial charge is 0.480 e. The summed E-state index contributed by atoms with van der Waals surface area (Å²) < 4.78 is 38.6.